The topological polar surface area (TPSA) is 136 Å². The molecule has 3 atom stereocenters. The van der Waals surface area contributed by atoms with Gasteiger partial charge in [0.1, 0.15) is 46.0 Å². The van der Waals surface area contributed by atoms with Crippen LogP contribution in [0.3, 0.4) is 0 Å². The van der Waals surface area contributed by atoms with Crippen LogP contribution in [0.5, 0.6) is 5.75 Å². The van der Waals surface area contributed by atoms with Crippen LogP contribution >= 0.6 is 27.5 Å². The van der Waals surface area contributed by atoms with Crippen molar-refractivity contribution < 1.29 is 28.6 Å². The predicted molar refractivity (Wildman–Crippen MR) is 171 cm³/mol. The van der Waals surface area contributed by atoms with E-state index in [0.29, 0.717) is 57.7 Å². The summed E-state index contributed by atoms with van der Waals surface area (Å²) < 4.78 is 27.2. The maximum Gasteiger partial charge on any atom is 0.251 e. The summed E-state index contributed by atoms with van der Waals surface area (Å²) in [6.45, 7) is 5.10. The van der Waals surface area contributed by atoms with E-state index in [2.05, 4.69) is 31.5 Å². The van der Waals surface area contributed by atoms with Crippen LogP contribution in [-0.2, 0) is 15.1 Å². The highest BCUT2D eigenvalue weighted by atomic mass is 79.9. The van der Waals surface area contributed by atoms with Gasteiger partial charge in [-0.15, -0.1) is 0 Å². The van der Waals surface area contributed by atoms with Crippen molar-refractivity contribution >= 4 is 50.2 Å². The lowest BCUT2D eigenvalue weighted by Crippen LogP contribution is -2.55. The number of fused-ring (bicyclic) bond motifs is 1. The molecule has 1 fully saturated rings. The third-order valence-electron chi connectivity index (χ3n) is 9.24. The van der Waals surface area contributed by atoms with Crippen molar-refractivity contribution in [3.8, 4) is 5.75 Å². The van der Waals surface area contributed by atoms with E-state index >= 15 is 0 Å². The molecule has 2 amide bonds. The molecule has 6 rings (SSSR count). The number of rotatable bonds is 8. The van der Waals surface area contributed by atoms with Crippen LogP contribution in [0.1, 0.15) is 48.3 Å². The van der Waals surface area contributed by atoms with Crippen molar-refractivity contribution in [2.24, 2.45) is 17.1 Å². The number of hydrogen-bond donors (Lipinski definition) is 4. The van der Waals surface area contributed by atoms with Gasteiger partial charge >= 0.3 is 0 Å². The van der Waals surface area contributed by atoms with Gasteiger partial charge < -0.3 is 30.9 Å². The molecule has 3 aliphatic rings. The van der Waals surface area contributed by atoms with Gasteiger partial charge in [0.15, 0.2) is 0 Å². The van der Waals surface area contributed by atoms with Crippen molar-refractivity contribution in [2.45, 2.75) is 44.8 Å². The summed E-state index contributed by atoms with van der Waals surface area (Å²) in [5.74, 6) is -1.06. The number of methoxy groups -OCH3 is 1. The molecule has 1 saturated carbocycles. The number of nitrogens with two attached hydrogens (primary N) is 1. The summed E-state index contributed by atoms with van der Waals surface area (Å²) in [6.07, 6.45) is 3.10. The molecule has 2 aliphatic heterocycles. The predicted octanol–water partition coefficient (Wildman–Crippen LogP) is 5.16. The quantitative estimate of drug-likeness (QED) is 0.255. The molecule has 2 aromatic carbocycles. The molecule has 1 unspecified atom stereocenters. The molecule has 3 heterocycles. The molecular weight excluding hydrogens is 667 g/mol. The Labute approximate surface area is 273 Å². The van der Waals surface area contributed by atoms with E-state index in [1.165, 1.54) is 19.2 Å². The number of dihydropyridines is 1. The number of carbonyl (C=O) groups excluding carboxylic acids is 2. The van der Waals surface area contributed by atoms with Gasteiger partial charge in [0.25, 0.3) is 5.91 Å². The van der Waals surface area contributed by atoms with E-state index in [1.807, 2.05) is 13.0 Å². The molecule has 0 saturated heterocycles. The molecule has 0 spiro atoms. The minimum absolute atomic E-state index is 0.0339. The third-order valence-corrected chi connectivity index (χ3v) is 10.4. The lowest BCUT2D eigenvalue weighted by molar-refractivity contribution is -0.125. The monoisotopic (exact) mass is 698 g/mol. The molecule has 1 aromatic heterocycles. The van der Waals surface area contributed by atoms with Gasteiger partial charge in [-0.25, -0.2) is 9.37 Å². The zero-order chi connectivity index (χ0) is 32.5. The van der Waals surface area contributed by atoms with E-state index in [9.17, 15) is 19.1 Å². The Kier molecular flexibility index (Phi) is 7.65. The molecule has 5 N–H and O–H groups in total. The summed E-state index contributed by atoms with van der Waals surface area (Å²) >= 11 is 9.99. The number of carbonyl (C=O) groups is 2. The van der Waals surface area contributed by atoms with Crippen molar-refractivity contribution in [1.82, 2.24) is 15.6 Å². The molecule has 1 aliphatic carbocycles. The highest BCUT2D eigenvalue weighted by molar-refractivity contribution is 9.10. The Morgan fingerprint density at radius 3 is 2.71 bits per heavy atom. The van der Waals surface area contributed by atoms with Gasteiger partial charge in [-0.1, -0.05) is 23.7 Å². The van der Waals surface area contributed by atoms with Crippen LogP contribution in [0, 0.1) is 24.1 Å². The van der Waals surface area contributed by atoms with Gasteiger partial charge in [0, 0.05) is 32.3 Å². The van der Waals surface area contributed by atoms with Gasteiger partial charge in [0.05, 0.1) is 24.4 Å². The van der Waals surface area contributed by atoms with E-state index in [1.54, 1.807) is 38.1 Å². The summed E-state index contributed by atoms with van der Waals surface area (Å²) in [4.78, 5) is 30.9. The largest absolute Gasteiger partial charge is 0.494 e. The van der Waals surface area contributed by atoms with Crippen molar-refractivity contribution in [3.63, 3.8) is 0 Å². The number of primary amides is 1. The number of aryl methyl sites for hydroxylation is 1. The average Bonchev–Trinajstić information content (AvgIpc) is 3.80. The average molecular weight is 700 g/mol. The molecular formula is C33H33BrClFN4O5. The maximum atomic E-state index is 14.7. The Hall–Kier alpha value is -3.67. The highest BCUT2D eigenvalue weighted by Crippen LogP contribution is 2.52. The number of nitrogens with zero attached hydrogens (tertiary/aromatic N) is 1. The molecule has 0 radical (unpaired) electrons. The Morgan fingerprint density at radius 2 is 2.04 bits per heavy atom. The van der Waals surface area contributed by atoms with Crippen molar-refractivity contribution in [1.29, 1.82) is 0 Å². The summed E-state index contributed by atoms with van der Waals surface area (Å²) in [5, 5.41) is 19.2. The number of aliphatic hydroxyl groups is 1. The van der Waals surface area contributed by atoms with Crippen LogP contribution in [0.4, 0.5) is 4.39 Å². The minimum atomic E-state index is -1.58. The lowest BCUT2D eigenvalue weighted by atomic mass is 9.74. The maximum absolute atomic E-state index is 14.7. The molecule has 236 valence electrons. The molecule has 9 nitrogen and oxygen atoms in total. The fourth-order valence-electron chi connectivity index (χ4n) is 6.23. The number of allylic oxidation sites excluding steroid dienone is 1. The Morgan fingerprint density at radius 1 is 1.31 bits per heavy atom. The third kappa shape index (κ3) is 5.05. The fraction of sp³-hybridized carbons (Fsp3) is 0.364. The normalized spacial score (nSPS) is 23.9. The molecule has 45 heavy (non-hydrogen) atoms. The standard InChI is InChI=1S/C33H33BrClFN4O5/c1-16-22(34)11-17-10-18(12-24(44-4)27(17)39-16)29(41)38-14-33(43,19-8-9-19)25-13-21-28(45-15-31(21,2)30(37)42)32(3,40-25)20-6-5-7-23(36)26(20)35/h5-7,10-13,19,40,43H,8-9,14-15H2,1-4H3,(H2,37,42)(H,38,41)/t31-,32?,33+/m0/s1. The van der Waals surface area contributed by atoms with Crippen LogP contribution < -0.4 is 21.1 Å². The molecule has 3 aromatic rings. The first-order valence-electron chi connectivity index (χ1n) is 14.5. The smallest absolute Gasteiger partial charge is 0.251 e. The van der Waals surface area contributed by atoms with E-state index in [-0.39, 0.29) is 24.1 Å². The first-order valence-corrected chi connectivity index (χ1v) is 15.7. The zero-order valence-corrected chi connectivity index (χ0v) is 27.5. The summed E-state index contributed by atoms with van der Waals surface area (Å²) in [6, 6.07) is 9.64. The van der Waals surface area contributed by atoms with Crippen LogP contribution in [0.15, 0.2) is 64.0 Å². The minimum Gasteiger partial charge on any atom is -0.494 e. The second-order valence-corrected chi connectivity index (χ2v) is 13.6. The number of hydrogen-bond acceptors (Lipinski definition) is 7. The first-order chi connectivity index (χ1) is 21.2. The number of amides is 2. The molecule has 0 bridgehead atoms. The van der Waals surface area contributed by atoms with Crippen LogP contribution in [0.25, 0.3) is 10.9 Å². The number of halogens is 3. The van der Waals surface area contributed by atoms with E-state index < -0.39 is 34.2 Å². The second kappa shape index (κ2) is 11.0. The van der Waals surface area contributed by atoms with Crippen LogP contribution in [0.2, 0.25) is 5.02 Å². The number of benzene rings is 2. The van der Waals surface area contributed by atoms with Crippen molar-refractivity contribution in [3.05, 3.63) is 91.6 Å². The van der Waals surface area contributed by atoms with Gasteiger partial charge in [-0.3, -0.25) is 9.59 Å². The molecule has 12 heteroatoms. The summed E-state index contributed by atoms with van der Waals surface area (Å²) in [5.41, 5.74) is 4.67. The highest BCUT2D eigenvalue weighted by Gasteiger charge is 2.56. The van der Waals surface area contributed by atoms with E-state index in [4.69, 9.17) is 26.8 Å². The van der Waals surface area contributed by atoms with Crippen molar-refractivity contribution in [2.75, 3.05) is 20.3 Å². The number of pyridine rings is 1. The van der Waals surface area contributed by atoms with Gasteiger partial charge in [0.2, 0.25) is 5.91 Å². The lowest BCUT2D eigenvalue weighted by Gasteiger charge is -2.43. The SMILES string of the molecule is COc1cc(C(=O)NC[C@](O)(C2=CC3=C(OC[C@]3(C)C(N)=O)C(C)(c3cccc(F)c3Cl)N2)C2CC2)cc2cc(Br)c(C)nc12. The Bertz CT molecular complexity index is 1850. The number of aromatic nitrogens is 1. The zero-order valence-electron chi connectivity index (χ0n) is 25.2. The van der Waals surface area contributed by atoms with Crippen LogP contribution in [-0.4, -0.2) is 47.8 Å². The van der Waals surface area contributed by atoms with Gasteiger partial charge in [-0.05, 0) is 85.8 Å². The Balaban J connectivity index is 1.39. The summed E-state index contributed by atoms with van der Waals surface area (Å²) in [7, 11) is 1.51. The second-order valence-electron chi connectivity index (χ2n) is 12.3. The van der Waals surface area contributed by atoms with Gasteiger partial charge in [-0.2, -0.15) is 0 Å². The number of nitrogens with one attached hydrogen (secondary N) is 2. The van der Waals surface area contributed by atoms with E-state index in [0.717, 1.165) is 10.2 Å². The number of ether oxygens (including phenoxy) is 2. The first kappa shape index (κ1) is 31.3. The fourth-order valence-corrected chi connectivity index (χ4v) is 6.88.